The zero-order valence-electron chi connectivity index (χ0n) is 12.8. The van der Waals surface area contributed by atoms with Gasteiger partial charge in [0.2, 0.25) is 0 Å². The fourth-order valence-corrected chi connectivity index (χ4v) is 1.87. The fourth-order valence-electron chi connectivity index (χ4n) is 1.87. The van der Waals surface area contributed by atoms with Crippen LogP contribution in [-0.4, -0.2) is 19.5 Å². The number of aromatic nitrogens is 1. The first-order chi connectivity index (χ1) is 10.6. The number of hydrogen-bond donors (Lipinski definition) is 0. The molecule has 24 heavy (non-hydrogen) atoms. The Kier molecular flexibility index (Phi) is 5.04. The molecular weight excluding hydrogens is 444 g/mol. The molecule has 1 aromatic heterocycles. The van der Waals surface area contributed by atoms with E-state index < -0.39 is 19.5 Å². The first-order valence-corrected chi connectivity index (χ1v) is 12.4. The summed E-state index contributed by atoms with van der Waals surface area (Å²) in [6.45, 7) is 4.32. The second-order valence-corrected chi connectivity index (χ2v) is 11.0. The van der Waals surface area contributed by atoms with Crippen molar-refractivity contribution in [2.45, 2.75) is 19.4 Å². The number of nitrogens with zero attached hydrogens (tertiary/aromatic N) is 2. The number of nitriles is 1. The monoisotopic (exact) mass is 458 g/mol. The summed E-state index contributed by atoms with van der Waals surface area (Å²) in [5.41, 5.74) is 1.81. The van der Waals surface area contributed by atoms with Crippen LogP contribution in [0.1, 0.15) is 25.0 Å². The Labute approximate surface area is 137 Å². The van der Waals surface area contributed by atoms with Crippen molar-refractivity contribution in [3.8, 4) is 6.07 Å². The van der Waals surface area contributed by atoms with Crippen molar-refractivity contribution < 1.29 is 21.4 Å². The van der Waals surface area contributed by atoms with Crippen molar-refractivity contribution in [2.24, 2.45) is 0 Å². The summed E-state index contributed by atoms with van der Waals surface area (Å²) in [6, 6.07) is 16.1. The van der Waals surface area contributed by atoms with Gasteiger partial charge < -0.3 is 0 Å². The Morgan fingerprint density at radius 1 is 0.875 bits per heavy atom. The third-order valence-electron chi connectivity index (χ3n) is 3.08. The van der Waals surface area contributed by atoms with E-state index in [4.69, 9.17) is 5.26 Å². The number of benzene rings is 1. The van der Waals surface area contributed by atoms with Crippen LogP contribution in [-0.2, 0) is 5.54 Å². The fraction of sp³-hybridized carbons (Fsp3) is 0.200. The van der Waals surface area contributed by atoms with Gasteiger partial charge in [-0.1, -0.05) is 30.3 Å². The molecule has 0 radical (unpaired) electrons. The van der Waals surface area contributed by atoms with Crippen LogP contribution < -0.4 is 4.57 Å². The maximum absolute atomic E-state index is 11.2. The number of hydrogen-bond acceptors (Lipinski definition) is 1. The zero-order chi connectivity index (χ0) is 18.7. The molecular formula is C15H15F6N2Sb. The summed E-state index contributed by atoms with van der Waals surface area (Å²) in [4.78, 5) is 0. The van der Waals surface area contributed by atoms with E-state index >= 15 is 0 Å². The average molecular weight is 459 g/mol. The van der Waals surface area contributed by atoms with Gasteiger partial charge in [0.05, 0.1) is 11.6 Å². The molecule has 9 heteroatoms. The molecule has 0 amide bonds. The molecule has 0 atom stereocenters. The predicted octanol–water partition coefficient (Wildman–Crippen LogP) is 4.77. The molecule has 0 bridgehead atoms. The van der Waals surface area contributed by atoms with Gasteiger partial charge in [-0.25, -0.2) is 0 Å². The van der Waals surface area contributed by atoms with Gasteiger partial charge in [-0.3, -0.25) is 0 Å². The summed E-state index contributed by atoms with van der Waals surface area (Å²) in [7, 11) is 0. The Bertz CT molecular complexity index is 720. The van der Waals surface area contributed by atoms with E-state index in [1.165, 1.54) is 5.56 Å². The van der Waals surface area contributed by atoms with E-state index in [0.29, 0.717) is 5.56 Å². The SMILES string of the molecule is CC(C)(c1ccccc1)[n+]1ccc(C#N)cc1.[F][Sb-]([F])([F])([F])([F])[F]. The van der Waals surface area contributed by atoms with E-state index in [1.54, 1.807) is 0 Å². The average Bonchev–Trinajstić information content (AvgIpc) is 2.45. The molecule has 0 N–H and O–H groups in total. The molecule has 2 nitrogen and oxygen atoms in total. The van der Waals surface area contributed by atoms with Gasteiger partial charge in [-0.15, -0.1) is 0 Å². The predicted molar refractivity (Wildman–Crippen MR) is 78.6 cm³/mol. The van der Waals surface area contributed by atoms with Crippen molar-refractivity contribution in [3.63, 3.8) is 0 Å². The van der Waals surface area contributed by atoms with Gasteiger partial charge in [0.1, 0.15) is 0 Å². The molecule has 0 fully saturated rings. The summed E-state index contributed by atoms with van der Waals surface area (Å²) < 4.78 is 61.7. The van der Waals surface area contributed by atoms with Crippen molar-refractivity contribution in [1.82, 2.24) is 0 Å². The summed E-state index contributed by atoms with van der Waals surface area (Å²) in [5, 5.41) is 8.79. The van der Waals surface area contributed by atoms with Crippen molar-refractivity contribution >= 4 is 19.5 Å². The number of halogens is 6. The van der Waals surface area contributed by atoms with Crippen molar-refractivity contribution in [2.75, 3.05) is 0 Å². The molecule has 0 aliphatic heterocycles. The van der Waals surface area contributed by atoms with Gasteiger partial charge in [-0.05, 0) is 0 Å². The molecule has 132 valence electrons. The second kappa shape index (κ2) is 5.96. The van der Waals surface area contributed by atoms with Crippen LogP contribution in [0, 0.1) is 11.3 Å². The molecule has 2 aromatic rings. The molecule has 0 aliphatic rings. The van der Waals surface area contributed by atoms with E-state index in [0.717, 1.165) is 0 Å². The van der Waals surface area contributed by atoms with Crippen molar-refractivity contribution in [1.29, 1.82) is 5.26 Å². The van der Waals surface area contributed by atoms with Crippen LogP contribution in [0.5, 0.6) is 0 Å². The van der Waals surface area contributed by atoms with Gasteiger partial charge >= 0.3 is 36.4 Å². The number of rotatable bonds is 2. The first-order valence-electron chi connectivity index (χ1n) is 6.63. The topological polar surface area (TPSA) is 27.7 Å². The van der Waals surface area contributed by atoms with E-state index in [-0.39, 0.29) is 5.54 Å². The van der Waals surface area contributed by atoms with Crippen LogP contribution >= 0.6 is 0 Å². The molecule has 0 saturated heterocycles. The zero-order valence-corrected chi connectivity index (χ0v) is 15.4. The van der Waals surface area contributed by atoms with Crippen LogP contribution in [0.4, 0.5) is 16.9 Å². The Hall–Kier alpha value is -1.74. The molecule has 2 rings (SSSR count). The molecule has 0 unspecified atom stereocenters. The van der Waals surface area contributed by atoms with Crippen LogP contribution in [0.25, 0.3) is 0 Å². The Morgan fingerprint density at radius 2 is 1.29 bits per heavy atom. The quantitative estimate of drug-likeness (QED) is 0.362. The summed E-state index contributed by atoms with van der Waals surface area (Å²) in [6.07, 6.45) is 3.90. The summed E-state index contributed by atoms with van der Waals surface area (Å²) in [5.74, 6) is 0. The van der Waals surface area contributed by atoms with E-state index in [1.807, 2.05) is 42.7 Å². The standard InChI is InChI=1S/C15H15N2.6FH.Sb/c1-15(2,14-6-4-3-5-7-14)17-10-8-13(12-16)9-11-17;;;;;;;/h3-11H,1-2H3;6*1H;/q+1;;;;;;;+5/p-6. The van der Waals surface area contributed by atoms with E-state index in [9.17, 15) is 16.9 Å². The molecule has 1 aromatic carbocycles. The molecule has 0 saturated carbocycles. The van der Waals surface area contributed by atoms with Gasteiger partial charge in [0, 0.05) is 31.5 Å². The van der Waals surface area contributed by atoms with Crippen LogP contribution in [0.3, 0.4) is 0 Å². The Balaban J connectivity index is 0.000000351. The van der Waals surface area contributed by atoms with Crippen LogP contribution in [0.15, 0.2) is 54.9 Å². The minimum atomic E-state index is -11.2. The molecule has 0 aliphatic carbocycles. The summed E-state index contributed by atoms with van der Waals surface area (Å²) >= 11 is -11.2. The second-order valence-electron chi connectivity index (χ2n) is 5.49. The first kappa shape index (κ1) is 20.3. The van der Waals surface area contributed by atoms with Crippen LogP contribution in [0.2, 0.25) is 0 Å². The normalized spacial score (nSPS) is 14.5. The minimum absolute atomic E-state index is 0.116. The molecule has 1 heterocycles. The van der Waals surface area contributed by atoms with Gasteiger partial charge in [0.15, 0.2) is 17.9 Å². The maximum atomic E-state index is 9.93. The van der Waals surface area contributed by atoms with Gasteiger partial charge in [-0.2, -0.15) is 9.83 Å². The third-order valence-corrected chi connectivity index (χ3v) is 3.08. The Morgan fingerprint density at radius 3 is 1.67 bits per heavy atom. The molecule has 0 spiro atoms. The van der Waals surface area contributed by atoms with Crippen molar-refractivity contribution in [3.05, 3.63) is 66.0 Å². The van der Waals surface area contributed by atoms with Gasteiger partial charge in [0.25, 0.3) is 0 Å². The van der Waals surface area contributed by atoms with E-state index in [2.05, 4.69) is 36.6 Å². The third kappa shape index (κ3) is 8.21. The number of pyridine rings is 1.